The summed E-state index contributed by atoms with van der Waals surface area (Å²) in [6, 6.07) is 0. The molecule has 1 fully saturated rings. The second-order valence-electron chi connectivity index (χ2n) is 5.30. The summed E-state index contributed by atoms with van der Waals surface area (Å²) in [5.41, 5.74) is 0.817. The van der Waals surface area contributed by atoms with Gasteiger partial charge in [0.1, 0.15) is 4.88 Å². The van der Waals surface area contributed by atoms with Gasteiger partial charge in [-0.3, -0.25) is 4.79 Å². The van der Waals surface area contributed by atoms with E-state index in [1.807, 2.05) is 18.0 Å². The van der Waals surface area contributed by atoms with Crippen molar-refractivity contribution in [2.24, 2.45) is 0 Å². The van der Waals surface area contributed by atoms with Crippen LogP contribution in [0.4, 0.5) is 0 Å². The smallest absolute Gasteiger partial charge is 0.267 e. The number of thiazole rings is 1. The number of hydrogen-bond acceptors (Lipinski definition) is 6. The largest absolute Gasteiger partial charge is 0.337 e. The van der Waals surface area contributed by atoms with Gasteiger partial charge in [0.15, 0.2) is 0 Å². The summed E-state index contributed by atoms with van der Waals surface area (Å²) in [7, 11) is 0. The lowest BCUT2D eigenvalue weighted by atomic mass is 9.98. The lowest BCUT2D eigenvalue weighted by Crippen LogP contribution is -2.39. The van der Waals surface area contributed by atoms with Gasteiger partial charge >= 0.3 is 0 Å². The summed E-state index contributed by atoms with van der Waals surface area (Å²) in [6.45, 7) is 5.65. The molecule has 21 heavy (non-hydrogen) atoms. The van der Waals surface area contributed by atoms with Gasteiger partial charge in [-0.1, -0.05) is 11.4 Å². The molecule has 1 aliphatic heterocycles. The zero-order valence-electron chi connectivity index (χ0n) is 12.2. The van der Waals surface area contributed by atoms with E-state index in [2.05, 4.69) is 21.5 Å². The molecule has 3 rings (SSSR count). The molecule has 0 N–H and O–H groups in total. The maximum atomic E-state index is 12.7. The zero-order valence-corrected chi connectivity index (χ0v) is 13.8. The molecule has 0 unspecified atom stereocenters. The number of aryl methyl sites for hydroxylation is 2. The van der Waals surface area contributed by atoms with Gasteiger partial charge in [-0.2, -0.15) is 0 Å². The first kappa shape index (κ1) is 14.6. The number of nitrogens with zero attached hydrogens (tertiary/aromatic N) is 4. The first-order valence-corrected chi connectivity index (χ1v) is 8.80. The molecule has 0 aliphatic carbocycles. The van der Waals surface area contributed by atoms with Gasteiger partial charge in [-0.15, -0.1) is 16.4 Å². The Morgan fingerprint density at radius 1 is 1.52 bits per heavy atom. The van der Waals surface area contributed by atoms with E-state index in [1.165, 1.54) is 16.4 Å². The highest BCUT2D eigenvalue weighted by molar-refractivity contribution is 7.11. The van der Waals surface area contributed by atoms with Crippen LogP contribution < -0.4 is 0 Å². The molecule has 0 bridgehead atoms. The Hall–Kier alpha value is -1.34. The second kappa shape index (κ2) is 6.19. The van der Waals surface area contributed by atoms with Crippen molar-refractivity contribution in [2.75, 3.05) is 13.1 Å². The van der Waals surface area contributed by atoms with Crippen molar-refractivity contribution in [1.29, 1.82) is 0 Å². The fraction of sp³-hybridized carbons (Fsp3) is 0.571. The number of rotatable bonds is 3. The van der Waals surface area contributed by atoms with Crippen LogP contribution in [-0.4, -0.2) is 38.5 Å². The fourth-order valence-electron chi connectivity index (χ4n) is 2.67. The quantitative estimate of drug-likeness (QED) is 0.872. The van der Waals surface area contributed by atoms with Crippen LogP contribution in [0.15, 0.2) is 6.20 Å². The number of aromatic nitrogens is 3. The Labute approximate surface area is 132 Å². The van der Waals surface area contributed by atoms with Crippen LogP contribution in [0.2, 0.25) is 0 Å². The number of piperidine rings is 1. The minimum absolute atomic E-state index is 0.0832. The third-order valence-electron chi connectivity index (χ3n) is 3.78. The average Bonchev–Trinajstić information content (AvgIpc) is 3.15. The number of carbonyl (C=O) groups is 1. The predicted molar refractivity (Wildman–Crippen MR) is 84.0 cm³/mol. The summed E-state index contributed by atoms with van der Waals surface area (Å²) in [5.74, 6) is 0.451. The first-order chi connectivity index (χ1) is 10.2. The van der Waals surface area contributed by atoms with Crippen molar-refractivity contribution in [3.63, 3.8) is 0 Å². The van der Waals surface area contributed by atoms with Crippen molar-refractivity contribution in [2.45, 2.75) is 39.0 Å². The summed E-state index contributed by atoms with van der Waals surface area (Å²) < 4.78 is 3.92. The molecule has 0 saturated carbocycles. The molecular weight excluding hydrogens is 304 g/mol. The topological polar surface area (TPSA) is 59.0 Å². The van der Waals surface area contributed by atoms with Gasteiger partial charge in [0.25, 0.3) is 5.91 Å². The highest BCUT2D eigenvalue weighted by Crippen LogP contribution is 2.30. The standard InChI is InChI=1S/C14H18N4OS2/c1-3-11-12(21-17-16-11)14(19)18-6-4-5-10(8-18)13-15-7-9(2)20-13/h7,10H,3-6,8H2,1-2H3/t10-/m1/s1. The fourth-order valence-corrected chi connectivity index (χ4v) is 4.29. The van der Waals surface area contributed by atoms with Crippen molar-refractivity contribution in [3.8, 4) is 0 Å². The van der Waals surface area contributed by atoms with Crippen LogP contribution >= 0.6 is 22.9 Å². The van der Waals surface area contributed by atoms with Crippen LogP contribution in [0.25, 0.3) is 0 Å². The third-order valence-corrected chi connectivity index (χ3v) is 5.61. The van der Waals surface area contributed by atoms with Gasteiger partial charge in [0.05, 0.1) is 10.7 Å². The second-order valence-corrected chi connectivity index (χ2v) is 7.32. The average molecular weight is 322 g/mol. The SMILES string of the molecule is CCc1nnsc1C(=O)N1CCC[C@@H](c2ncc(C)s2)C1. The Morgan fingerprint density at radius 2 is 2.38 bits per heavy atom. The van der Waals surface area contributed by atoms with Gasteiger partial charge < -0.3 is 4.90 Å². The van der Waals surface area contributed by atoms with E-state index in [9.17, 15) is 4.79 Å². The molecule has 0 aromatic carbocycles. The summed E-state index contributed by atoms with van der Waals surface area (Å²) in [4.78, 5) is 21.0. The highest BCUT2D eigenvalue weighted by atomic mass is 32.1. The molecule has 7 heteroatoms. The predicted octanol–water partition coefficient (Wildman–Crippen LogP) is 2.89. The van der Waals surface area contributed by atoms with Crippen LogP contribution in [0.5, 0.6) is 0 Å². The molecule has 0 spiro atoms. The van der Waals surface area contributed by atoms with Crippen LogP contribution in [0, 0.1) is 6.92 Å². The summed E-state index contributed by atoms with van der Waals surface area (Å²) in [5, 5.41) is 5.20. The van der Waals surface area contributed by atoms with Gasteiger partial charge in [-0.05, 0) is 37.7 Å². The molecule has 1 aliphatic rings. The van der Waals surface area contributed by atoms with E-state index in [0.29, 0.717) is 10.8 Å². The number of likely N-dealkylation sites (tertiary alicyclic amines) is 1. The monoisotopic (exact) mass is 322 g/mol. The maximum absolute atomic E-state index is 12.7. The van der Waals surface area contributed by atoms with Gasteiger partial charge in [0.2, 0.25) is 0 Å². The van der Waals surface area contributed by atoms with E-state index in [-0.39, 0.29) is 5.91 Å². The van der Waals surface area contributed by atoms with E-state index < -0.39 is 0 Å². The summed E-state index contributed by atoms with van der Waals surface area (Å²) >= 11 is 2.95. The van der Waals surface area contributed by atoms with E-state index >= 15 is 0 Å². The third kappa shape index (κ3) is 2.98. The van der Waals surface area contributed by atoms with E-state index in [4.69, 9.17) is 0 Å². The summed E-state index contributed by atoms with van der Waals surface area (Å²) in [6.07, 6.45) is 4.81. The van der Waals surface area contributed by atoms with Crippen molar-refractivity contribution < 1.29 is 4.79 Å². The molecule has 1 amide bonds. The lowest BCUT2D eigenvalue weighted by Gasteiger charge is -2.31. The molecule has 1 saturated heterocycles. The van der Waals surface area contributed by atoms with Crippen molar-refractivity contribution in [3.05, 3.63) is 26.7 Å². The van der Waals surface area contributed by atoms with E-state index in [1.54, 1.807) is 11.3 Å². The molecular formula is C14H18N4OS2. The molecule has 112 valence electrons. The van der Waals surface area contributed by atoms with Crippen molar-refractivity contribution in [1.82, 2.24) is 19.5 Å². The number of amides is 1. The van der Waals surface area contributed by atoms with Gasteiger partial charge in [0, 0.05) is 30.1 Å². The number of carbonyl (C=O) groups excluding carboxylic acids is 1. The first-order valence-electron chi connectivity index (χ1n) is 7.22. The molecule has 2 aromatic rings. The van der Waals surface area contributed by atoms with E-state index in [0.717, 1.165) is 43.1 Å². The highest BCUT2D eigenvalue weighted by Gasteiger charge is 2.29. The minimum Gasteiger partial charge on any atom is -0.337 e. The zero-order chi connectivity index (χ0) is 14.8. The van der Waals surface area contributed by atoms with Crippen molar-refractivity contribution >= 4 is 28.8 Å². The Balaban J connectivity index is 1.75. The lowest BCUT2D eigenvalue weighted by molar-refractivity contribution is 0.0710. The Morgan fingerprint density at radius 3 is 3.10 bits per heavy atom. The van der Waals surface area contributed by atoms with Crippen LogP contribution in [0.1, 0.15) is 50.9 Å². The molecule has 2 aromatic heterocycles. The Kier molecular flexibility index (Phi) is 4.30. The normalized spacial score (nSPS) is 19.0. The molecule has 3 heterocycles. The molecule has 5 nitrogen and oxygen atoms in total. The number of hydrogen-bond donors (Lipinski definition) is 0. The molecule has 1 atom stereocenters. The Bertz CT molecular complexity index is 636. The van der Waals surface area contributed by atoms with Crippen LogP contribution in [-0.2, 0) is 6.42 Å². The minimum atomic E-state index is 0.0832. The maximum Gasteiger partial charge on any atom is 0.267 e. The molecule has 0 radical (unpaired) electrons. The van der Waals surface area contributed by atoms with Crippen LogP contribution in [0.3, 0.4) is 0 Å². The van der Waals surface area contributed by atoms with Gasteiger partial charge in [-0.25, -0.2) is 4.98 Å².